The highest BCUT2D eigenvalue weighted by atomic mass is 16.3. The number of aliphatic hydroxyl groups excluding tert-OH is 1. The van der Waals surface area contributed by atoms with Gasteiger partial charge in [0.1, 0.15) is 0 Å². The first-order valence-electron chi connectivity index (χ1n) is 4.57. The van der Waals surface area contributed by atoms with Crippen molar-refractivity contribution in [3.05, 3.63) is 0 Å². The maximum absolute atomic E-state index is 8.95. The Morgan fingerprint density at radius 3 is 2.92 bits per heavy atom. The van der Waals surface area contributed by atoms with Gasteiger partial charge in [-0.05, 0) is 38.3 Å². The first-order chi connectivity index (χ1) is 5.86. The lowest BCUT2D eigenvalue weighted by molar-refractivity contribution is 0.210. The summed E-state index contributed by atoms with van der Waals surface area (Å²) >= 11 is 0. The second kappa shape index (κ2) is 5.13. The van der Waals surface area contributed by atoms with Crippen molar-refractivity contribution < 1.29 is 5.11 Å². The predicted octanol–water partition coefficient (Wildman–Crippen LogP) is 0.604. The first kappa shape index (κ1) is 9.50. The number of nitrogens with zero attached hydrogens (tertiary/aromatic N) is 2. The zero-order valence-electron chi connectivity index (χ0n) is 7.37. The number of likely N-dealkylation sites (tertiary alicyclic amines) is 1. The highest BCUT2D eigenvalue weighted by molar-refractivity contribution is 4.79. The molecule has 0 radical (unpaired) electrons. The van der Waals surface area contributed by atoms with Crippen LogP contribution in [0.1, 0.15) is 19.3 Å². The van der Waals surface area contributed by atoms with Gasteiger partial charge in [0.05, 0.1) is 12.6 Å². The minimum Gasteiger partial charge on any atom is -0.396 e. The van der Waals surface area contributed by atoms with Crippen molar-refractivity contribution in [1.82, 2.24) is 4.90 Å². The van der Waals surface area contributed by atoms with E-state index in [1.807, 2.05) is 0 Å². The van der Waals surface area contributed by atoms with Crippen molar-refractivity contribution in [3.8, 4) is 6.07 Å². The molecule has 3 nitrogen and oxygen atoms in total. The van der Waals surface area contributed by atoms with Gasteiger partial charge in [-0.2, -0.15) is 5.26 Å². The van der Waals surface area contributed by atoms with E-state index in [0.29, 0.717) is 19.1 Å². The molecule has 68 valence electrons. The molecule has 1 rings (SSSR count). The summed E-state index contributed by atoms with van der Waals surface area (Å²) in [6, 6.07) is 2.16. The zero-order chi connectivity index (χ0) is 8.81. The van der Waals surface area contributed by atoms with Gasteiger partial charge in [-0.25, -0.2) is 0 Å². The largest absolute Gasteiger partial charge is 0.396 e. The minimum absolute atomic E-state index is 0.306. The second-order valence-electron chi connectivity index (χ2n) is 3.41. The van der Waals surface area contributed by atoms with Crippen LogP contribution >= 0.6 is 0 Å². The van der Waals surface area contributed by atoms with Crippen molar-refractivity contribution >= 4 is 0 Å². The Hall–Kier alpha value is -0.590. The fraction of sp³-hybridized carbons (Fsp3) is 0.889. The quantitative estimate of drug-likeness (QED) is 0.614. The van der Waals surface area contributed by atoms with Gasteiger partial charge in [0, 0.05) is 6.61 Å². The fourth-order valence-electron chi connectivity index (χ4n) is 1.67. The average Bonchev–Trinajstić information content (AvgIpc) is 2.31. The van der Waals surface area contributed by atoms with E-state index in [4.69, 9.17) is 10.4 Å². The highest BCUT2D eigenvalue weighted by Crippen LogP contribution is 2.16. The Labute approximate surface area is 73.6 Å². The molecule has 1 N–H and O–H groups in total. The van der Waals surface area contributed by atoms with Crippen molar-refractivity contribution in [2.45, 2.75) is 19.3 Å². The average molecular weight is 168 g/mol. The van der Waals surface area contributed by atoms with E-state index in [2.05, 4.69) is 11.0 Å². The molecule has 1 fully saturated rings. The molecule has 0 amide bonds. The van der Waals surface area contributed by atoms with Crippen LogP contribution in [0.2, 0.25) is 0 Å². The third-order valence-electron chi connectivity index (χ3n) is 2.49. The summed E-state index contributed by atoms with van der Waals surface area (Å²) in [6.07, 6.45) is 3.27. The van der Waals surface area contributed by atoms with Crippen molar-refractivity contribution in [2.24, 2.45) is 5.92 Å². The fourth-order valence-corrected chi connectivity index (χ4v) is 1.67. The molecule has 3 heteroatoms. The molecule has 1 saturated heterocycles. The van der Waals surface area contributed by atoms with Gasteiger partial charge in [-0.3, -0.25) is 4.90 Å². The number of rotatable bonds is 2. The highest BCUT2D eigenvalue weighted by Gasteiger charge is 2.15. The molecule has 0 saturated carbocycles. The van der Waals surface area contributed by atoms with Gasteiger partial charge < -0.3 is 5.11 Å². The number of aliphatic hydroxyl groups is 1. The van der Waals surface area contributed by atoms with Gasteiger partial charge in [0.15, 0.2) is 0 Å². The maximum atomic E-state index is 8.95. The van der Waals surface area contributed by atoms with Crippen LogP contribution in [0.5, 0.6) is 0 Å². The molecule has 0 aromatic heterocycles. The molecule has 0 bridgehead atoms. The van der Waals surface area contributed by atoms with E-state index >= 15 is 0 Å². The van der Waals surface area contributed by atoms with Gasteiger partial charge >= 0.3 is 0 Å². The van der Waals surface area contributed by atoms with E-state index in [0.717, 1.165) is 32.4 Å². The summed E-state index contributed by atoms with van der Waals surface area (Å²) in [4.78, 5) is 2.16. The van der Waals surface area contributed by atoms with Crippen molar-refractivity contribution in [1.29, 1.82) is 5.26 Å². The minimum atomic E-state index is 0.306. The summed E-state index contributed by atoms with van der Waals surface area (Å²) in [6.45, 7) is 2.83. The molecule has 12 heavy (non-hydrogen) atoms. The van der Waals surface area contributed by atoms with Crippen molar-refractivity contribution in [2.75, 3.05) is 26.2 Å². The van der Waals surface area contributed by atoms with Crippen LogP contribution in [-0.2, 0) is 0 Å². The zero-order valence-corrected chi connectivity index (χ0v) is 7.37. The summed E-state index contributed by atoms with van der Waals surface area (Å²) in [5, 5.41) is 17.4. The standard InChI is InChI=1S/C9H16N2O/c10-4-7-11-5-1-2-9(8-12)3-6-11/h9,12H,1-3,5-8H2. The van der Waals surface area contributed by atoms with Gasteiger partial charge in [-0.15, -0.1) is 0 Å². The first-order valence-corrected chi connectivity index (χ1v) is 4.57. The molecule has 1 heterocycles. The molecular formula is C9H16N2O. The van der Waals surface area contributed by atoms with Crippen LogP contribution in [0.4, 0.5) is 0 Å². The third kappa shape index (κ3) is 2.80. The lowest BCUT2D eigenvalue weighted by atomic mass is 10.0. The second-order valence-corrected chi connectivity index (χ2v) is 3.41. The maximum Gasteiger partial charge on any atom is 0.0865 e. The van der Waals surface area contributed by atoms with Crippen LogP contribution in [0.15, 0.2) is 0 Å². The van der Waals surface area contributed by atoms with Gasteiger partial charge in [0.2, 0.25) is 0 Å². The Morgan fingerprint density at radius 2 is 2.25 bits per heavy atom. The molecule has 0 spiro atoms. The number of hydrogen-bond acceptors (Lipinski definition) is 3. The summed E-state index contributed by atoms with van der Waals surface area (Å²) in [5.74, 6) is 0.466. The molecule has 1 unspecified atom stereocenters. The van der Waals surface area contributed by atoms with Gasteiger partial charge in [0.25, 0.3) is 0 Å². The van der Waals surface area contributed by atoms with E-state index in [1.165, 1.54) is 0 Å². The Balaban J connectivity index is 2.30. The normalized spacial score (nSPS) is 26.2. The summed E-state index contributed by atoms with van der Waals surface area (Å²) in [5.41, 5.74) is 0. The monoisotopic (exact) mass is 168 g/mol. The molecular weight excluding hydrogens is 152 g/mol. The smallest absolute Gasteiger partial charge is 0.0865 e. The van der Waals surface area contributed by atoms with E-state index < -0.39 is 0 Å². The van der Waals surface area contributed by atoms with Crippen LogP contribution in [-0.4, -0.2) is 36.2 Å². The van der Waals surface area contributed by atoms with Crippen molar-refractivity contribution in [3.63, 3.8) is 0 Å². The lowest BCUT2D eigenvalue weighted by Gasteiger charge is -2.15. The number of hydrogen-bond donors (Lipinski definition) is 1. The Morgan fingerprint density at radius 1 is 1.42 bits per heavy atom. The van der Waals surface area contributed by atoms with E-state index in [-0.39, 0.29) is 0 Å². The van der Waals surface area contributed by atoms with Crippen LogP contribution in [0.3, 0.4) is 0 Å². The lowest BCUT2D eigenvalue weighted by Crippen LogP contribution is -2.25. The summed E-state index contributed by atoms with van der Waals surface area (Å²) < 4.78 is 0. The molecule has 0 aromatic carbocycles. The van der Waals surface area contributed by atoms with Crippen LogP contribution in [0, 0.1) is 17.2 Å². The SMILES string of the molecule is N#CCN1CCCC(CO)CC1. The topological polar surface area (TPSA) is 47.3 Å². The summed E-state index contributed by atoms with van der Waals surface area (Å²) in [7, 11) is 0. The van der Waals surface area contributed by atoms with E-state index in [1.54, 1.807) is 0 Å². The van der Waals surface area contributed by atoms with Crippen LogP contribution < -0.4 is 0 Å². The Bertz CT molecular complexity index is 164. The molecule has 1 aliphatic rings. The molecule has 1 atom stereocenters. The predicted molar refractivity (Wildman–Crippen MR) is 46.5 cm³/mol. The third-order valence-corrected chi connectivity index (χ3v) is 2.49. The number of nitriles is 1. The Kier molecular flexibility index (Phi) is 4.06. The molecule has 0 aromatic rings. The van der Waals surface area contributed by atoms with Gasteiger partial charge in [-0.1, -0.05) is 0 Å². The van der Waals surface area contributed by atoms with Crippen LogP contribution in [0.25, 0.3) is 0 Å². The van der Waals surface area contributed by atoms with E-state index in [9.17, 15) is 0 Å². The molecule has 1 aliphatic heterocycles. The molecule has 0 aliphatic carbocycles.